The van der Waals surface area contributed by atoms with E-state index in [0.717, 1.165) is 13.2 Å². The fourth-order valence-corrected chi connectivity index (χ4v) is 5.84. The van der Waals surface area contributed by atoms with Crippen molar-refractivity contribution in [3.8, 4) is 0 Å². The minimum atomic E-state index is -0.263. The van der Waals surface area contributed by atoms with E-state index in [-0.39, 0.29) is 9.52 Å². The summed E-state index contributed by atoms with van der Waals surface area (Å²) >= 11 is 0. The lowest BCUT2D eigenvalue weighted by Crippen LogP contribution is -2.44. The SMILES string of the molecule is Cc1ccc([SiH2]C2(C)COC2)c(C(C)C)c1C(C)C. The second kappa shape index (κ2) is 5.41. The summed E-state index contributed by atoms with van der Waals surface area (Å²) in [6.07, 6.45) is 0. The van der Waals surface area contributed by atoms with Crippen molar-refractivity contribution in [1.29, 1.82) is 0 Å². The summed E-state index contributed by atoms with van der Waals surface area (Å²) in [5.74, 6) is 1.25. The molecular formula is C17H28OSi. The number of benzene rings is 1. The Morgan fingerprint density at radius 2 is 1.63 bits per heavy atom. The molecule has 0 saturated carbocycles. The highest BCUT2D eigenvalue weighted by Gasteiger charge is 2.35. The van der Waals surface area contributed by atoms with Gasteiger partial charge in [-0.15, -0.1) is 0 Å². The van der Waals surface area contributed by atoms with Gasteiger partial charge >= 0.3 is 0 Å². The first-order valence-electron chi connectivity index (χ1n) is 7.54. The van der Waals surface area contributed by atoms with Crippen molar-refractivity contribution in [1.82, 2.24) is 0 Å². The van der Waals surface area contributed by atoms with Crippen LogP contribution in [0.3, 0.4) is 0 Å². The zero-order chi connectivity index (χ0) is 14.2. The molecule has 1 aliphatic rings. The van der Waals surface area contributed by atoms with E-state index in [0.29, 0.717) is 16.9 Å². The van der Waals surface area contributed by atoms with Crippen molar-refractivity contribution >= 4 is 14.7 Å². The largest absolute Gasteiger partial charge is 0.381 e. The van der Waals surface area contributed by atoms with E-state index in [1.807, 2.05) is 0 Å². The predicted molar refractivity (Wildman–Crippen MR) is 86.7 cm³/mol. The van der Waals surface area contributed by atoms with Crippen LogP contribution in [0.1, 0.15) is 63.1 Å². The first-order chi connectivity index (χ1) is 8.84. The zero-order valence-corrected chi connectivity index (χ0v) is 14.8. The smallest absolute Gasteiger partial charge is 0.0667 e. The van der Waals surface area contributed by atoms with Gasteiger partial charge in [0.25, 0.3) is 0 Å². The minimum absolute atomic E-state index is 0.263. The Morgan fingerprint density at radius 3 is 2.05 bits per heavy atom. The molecular weight excluding hydrogens is 248 g/mol. The molecule has 0 unspecified atom stereocenters. The van der Waals surface area contributed by atoms with Crippen molar-refractivity contribution in [3.63, 3.8) is 0 Å². The molecule has 0 N–H and O–H groups in total. The van der Waals surface area contributed by atoms with Gasteiger partial charge in [-0.1, -0.05) is 51.9 Å². The molecule has 106 valence electrons. The number of aryl methyl sites for hydroxylation is 1. The van der Waals surface area contributed by atoms with Crippen molar-refractivity contribution in [2.24, 2.45) is 0 Å². The summed E-state index contributed by atoms with van der Waals surface area (Å²) in [5.41, 5.74) is 4.71. The van der Waals surface area contributed by atoms with Crippen LogP contribution in [-0.4, -0.2) is 22.7 Å². The molecule has 2 rings (SSSR count). The summed E-state index contributed by atoms with van der Waals surface area (Å²) in [4.78, 5) is 0. The quantitative estimate of drug-likeness (QED) is 0.767. The number of rotatable bonds is 4. The first kappa shape index (κ1) is 14.8. The highest BCUT2D eigenvalue weighted by atomic mass is 28.2. The van der Waals surface area contributed by atoms with Gasteiger partial charge in [0, 0.05) is 5.04 Å². The Bertz CT molecular complexity index is 459. The molecule has 1 aromatic rings. The van der Waals surface area contributed by atoms with Gasteiger partial charge in [0.1, 0.15) is 0 Å². The van der Waals surface area contributed by atoms with Gasteiger partial charge < -0.3 is 4.74 Å². The summed E-state index contributed by atoms with van der Waals surface area (Å²) < 4.78 is 5.45. The van der Waals surface area contributed by atoms with Gasteiger partial charge in [-0.2, -0.15) is 0 Å². The fourth-order valence-electron chi connectivity index (χ4n) is 3.41. The molecule has 0 amide bonds. The van der Waals surface area contributed by atoms with E-state index in [1.165, 1.54) is 5.56 Å². The minimum Gasteiger partial charge on any atom is -0.381 e. The Labute approximate surface area is 120 Å². The van der Waals surface area contributed by atoms with E-state index >= 15 is 0 Å². The molecule has 0 aromatic heterocycles. The zero-order valence-electron chi connectivity index (χ0n) is 13.3. The van der Waals surface area contributed by atoms with Crippen LogP contribution < -0.4 is 5.19 Å². The molecule has 19 heavy (non-hydrogen) atoms. The van der Waals surface area contributed by atoms with Crippen LogP contribution in [0.25, 0.3) is 0 Å². The second-order valence-corrected chi connectivity index (χ2v) is 9.98. The monoisotopic (exact) mass is 276 g/mol. The lowest BCUT2D eigenvalue weighted by molar-refractivity contribution is -0.0109. The van der Waals surface area contributed by atoms with Crippen LogP contribution in [-0.2, 0) is 4.74 Å². The Kier molecular flexibility index (Phi) is 4.22. The standard InChI is InChI=1S/C17H28OSi/c1-11(2)15-13(5)7-8-14(16(15)12(3)4)19-17(6)9-18-10-17/h7-8,11-12H,9-10,19H2,1-6H3. The molecule has 1 nitrogen and oxygen atoms in total. The molecule has 1 fully saturated rings. The first-order valence-corrected chi connectivity index (χ1v) is 8.95. The van der Waals surface area contributed by atoms with Crippen molar-refractivity contribution in [2.75, 3.05) is 13.2 Å². The van der Waals surface area contributed by atoms with Crippen LogP contribution >= 0.6 is 0 Å². The highest BCUT2D eigenvalue weighted by Crippen LogP contribution is 2.35. The Balaban J connectivity index is 2.45. The average Bonchev–Trinajstić information content (AvgIpc) is 2.28. The van der Waals surface area contributed by atoms with Crippen molar-refractivity contribution in [3.05, 3.63) is 28.8 Å². The van der Waals surface area contributed by atoms with Crippen molar-refractivity contribution in [2.45, 2.75) is 58.4 Å². The summed E-state index contributed by atoms with van der Waals surface area (Å²) in [6.45, 7) is 16.0. The molecule has 0 bridgehead atoms. The highest BCUT2D eigenvalue weighted by molar-refractivity contribution is 6.57. The van der Waals surface area contributed by atoms with E-state index in [1.54, 1.807) is 16.3 Å². The molecule has 0 aliphatic carbocycles. The van der Waals surface area contributed by atoms with Crippen LogP contribution in [0.5, 0.6) is 0 Å². The average molecular weight is 276 g/mol. The Hall–Kier alpha value is -0.603. The van der Waals surface area contributed by atoms with Crippen LogP contribution in [0.4, 0.5) is 0 Å². The van der Waals surface area contributed by atoms with Gasteiger partial charge in [-0.25, -0.2) is 0 Å². The third-order valence-corrected chi connectivity index (χ3v) is 6.53. The van der Waals surface area contributed by atoms with Gasteiger partial charge in [0.15, 0.2) is 0 Å². The maximum absolute atomic E-state index is 5.45. The maximum atomic E-state index is 5.45. The fraction of sp³-hybridized carbons (Fsp3) is 0.647. The van der Waals surface area contributed by atoms with Crippen LogP contribution in [0.2, 0.25) is 5.04 Å². The van der Waals surface area contributed by atoms with E-state index in [2.05, 4.69) is 53.7 Å². The molecule has 1 heterocycles. The molecule has 1 aromatic carbocycles. The van der Waals surface area contributed by atoms with Crippen LogP contribution in [0, 0.1) is 6.92 Å². The molecule has 0 spiro atoms. The number of ether oxygens (including phenoxy) is 1. The normalized spacial score (nSPS) is 18.5. The third-order valence-electron chi connectivity index (χ3n) is 4.27. The lowest BCUT2D eigenvalue weighted by Gasteiger charge is -2.39. The van der Waals surface area contributed by atoms with Gasteiger partial charge in [-0.3, -0.25) is 0 Å². The molecule has 2 heteroatoms. The third kappa shape index (κ3) is 2.95. The van der Waals surface area contributed by atoms with Gasteiger partial charge in [-0.05, 0) is 35.4 Å². The summed E-state index contributed by atoms with van der Waals surface area (Å²) in [5, 5.41) is 2.17. The van der Waals surface area contributed by atoms with Crippen LogP contribution in [0.15, 0.2) is 12.1 Å². The topological polar surface area (TPSA) is 9.23 Å². The molecule has 1 saturated heterocycles. The summed E-state index contributed by atoms with van der Waals surface area (Å²) in [6, 6.07) is 4.75. The number of hydrogen-bond acceptors (Lipinski definition) is 1. The van der Waals surface area contributed by atoms with E-state index in [4.69, 9.17) is 4.74 Å². The van der Waals surface area contributed by atoms with Gasteiger partial charge in [0.05, 0.1) is 22.7 Å². The van der Waals surface area contributed by atoms with Gasteiger partial charge in [0.2, 0.25) is 0 Å². The predicted octanol–water partition coefficient (Wildman–Crippen LogP) is 3.24. The number of hydrogen-bond donors (Lipinski definition) is 0. The second-order valence-electron chi connectivity index (χ2n) is 7.16. The van der Waals surface area contributed by atoms with Crippen molar-refractivity contribution < 1.29 is 4.74 Å². The lowest BCUT2D eigenvalue weighted by atomic mass is 9.87. The summed E-state index contributed by atoms with van der Waals surface area (Å²) in [7, 11) is -0.263. The van der Waals surface area contributed by atoms with E-state index < -0.39 is 0 Å². The van der Waals surface area contributed by atoms with E-state index in [9.17, 15) is 0 Å². The Morgan fingerprint density at radius 1 is 1.05 bits per heavy atom. The maximum Gasteiger partial charge on any atom is 0.0667 e. The molecule has 0 radical (unpaired) electrons. The molecule has 1 aliphatic heterocycles. The molecule has 0 atom stereocenters.